The summed E-state index contributed by atoms with van der Waals surface area (Å²) in [6.45, 7) is 0.753. The summed E-state index contributed by atoms with van der Waals surface area (Å²) in [4.78, 5) is 15.5. The summed E-state index contributed by atoms with van der Waals surface area (Å²) >= 11 is 0. The minimum atomic E-state index is -0.375. The van der Waals surface area contributed by atoms with Crippen LogP contribution in [0, 0.1) is 10.1 Å². The van der Waals surface area contributed by atoms with Crippen molar-refractivity contribution in [2.45, 2.75) is 13.0 Å². The van der Waals surface area contributed by atoms with E-state index in [4.69, 9.17) is 4.98 Å². The molecule has 4 aromatic rings. The van der Waals surface area contributed by atoms with Gasteiger partial charge in [-0.05, 0) is 24.1 Å². The molecule has 0 atom stereocenters. The maximum absolute atomic E-state index is 11.1. The van der Waals surface area contributed by atoms with Crippen molar-refractivity contribution in [3.63, 3.8) is 0 Å². The first-order valence-electron chi connectivity index (χ1n) is 8.46. The molecule has 0 aliphatic carbocycles. The van der Waals surface area contributed by atoms with E-state index in [0.29, 0.717) is 0 Å². The fraction of sp³-hybridized carbons (Fsp3) is 0.0952. The lowest BCUT2D eigenvalue weighted by Gasteiger charge is -2.09. The number of rotatable bonds is 5. The van der Waals surface area contributed by atoms with Gasteiger partial charge in [-0.15, -0.1) is 0 Å². The van der Waals surface area contributed by atoms with Crippen LogP contribution in [0.4, 0.5) is 5.69 Å². The lowest BCUT2D eigenvalue weighted by atomic mass is 10.1. The molecule has 0 aliphatic heterocycles. The summed E-state index contributed by atoms with van der Waals surface area (Å²) in [6.07, 6.45) is 0.864. The van der Waals surface area contributed by atoms with Gasteiger partial charge in [0.2, 0.25) is 0 Å². The van der Waals surface area contributed by atoms with Crippen molar-refractivity contribution in [2.24, 2.45) is 0 Å². The van der Waals surface area contributed by atoms with Crippen molar-refractivity contribution in [1.29, 1.82) is 0 Å². The van der Waals surface area contributed by atoms with E-state index in [1.54, 1.807) is 12.1 Å². The van der Waals surface area contributed by atoms with E-state index in [1.165, 1.54) is 11.6 Å². The van der Waals surface area contributed by atoms with Crippen LogP contribution in [0.25, 0.3) is 22.4 Å². The van der Waals surface area contributed by atoms with Crippen LogP contribution >= 0.6 is 0 Å². The van der Waals surface area contributed by atoms with Crippen LogP contribution in [0.15, 0.2) is 78.9 Å². The Morgan fingerprint density at radius 3 is 2.50 bits per heavy atom. The monoisotopic (exact) mass is 343 g/mol. The quantitative estimate of drug-likeness (QED) is 0.384. The lowest BCUT2D eigenvalue weighted by Crippen LogP contribution is -2.04. The summed E-state index contributed by atoms with van der Waals surface area (Å²) < 4.78 is 2.14. The van der Waals surface area contributed by atoms with Crippen molar-refractivity contribution in [3.8, 4) is 11.4 Å². The number of benzene rings is 3. The van der Waals surface area contributed by atoms with E-state index in [9.17, 15) is 10.1 Å². The molecule has 0 spiro atoms. The molecule has 0 saturated heterocycles. The fourth-order valence-electron chi connectivity index (χ4n) is 3.17. The molecule has 4 rings (SSSR count). The maximum Gasteiger partial charge on any atom is 0.270 e. The van der Waals surface area contributed by atoms with Crippen molar-refractivity contribution in [2.75, 3.05) is 0 Å². The Hall–Kier alpha value is -3.47. The number of aromatic nitrogens is 2. The first-order chi connectivity index (χ1) is 12.7. The topological polar surface area (TPSA) is 61.0 Å². The summed E-state index contributed by atoms with van der Waals surface area (Å²) in [5.74, 6) is 0.755. The number of imidazole rings is 1. The van der Waals surface area contributed by atoms with Gasteiger partial charge in [-0.2, -0.15) is 0 Å². The van der Waals surface area contributed by atoms with Crippen LogP contribution in [-0.2, 0) is 13.0 Å². The Morgan fingerprint density at radius 1 is 0.923 bits per heavy atom. The third kappa shape index (κ3) is 3.07. The molecule has 0 unspecified atom stereocenters. The number of fused-ring (bicyclic) bond motifs is 1. The zero-order valence-electron chi connectivity index (χ0n) is 14.1. The second-order valence-corrected chi connectivity index (χ2v) is 6.12. The van der Waals surface area contributed by atoms with Gasteiger partial charge in [-0.1, -0.05) is 54.6 Å². The number of hydrogen-bond donors (Lipinski definition) is 0. The summed E-state index contributed by atoms with van der Waals surface area (Å²) in [5, 5.41) is 11.1. The van der Waals surface area contributed by atoms with E-state index in [0.717, 1.165) is 35.4 Å². The molecule has 0 radical (unpaired) electrons. The van der Waals surface area contributed by atoms with E-state index in [2.05, 4.69) is 16.7 Å². The number of para-hydroxylation sites is 2. The largest absolute Gasteiger partial charge is 0.324 e. The molecule has 1 heterocycles. The zero-order valence-corrected chi connectivity index (χ0v) is 14.1. The number of nitro groups is 1. The SMILES string of the molecule is O=[N+]([O-])c1cccc(-c2nc3ccccc3n2CCc2ccccc2)c1. The van der Waals surface area contributed by atoms with E-state index < -0.39 is 0 Å². The third-order valence-corrected chi connectivity index (χ3v) is 4.44. The van der Waals surface area contributed by atoms with Gasteiger partial charge < -0.3 is 4.57 Å². The van der Waals surface area contributed by atoms with E-state index in [-0.39, 0.29) is 10.6 Å². The number of hydrogen-bond acceptors (Lipinski definition) is 3. The smallest absolute Gasteiger partial charge is 0.270 e. The maximum atomic E-state index is 11.1. The van der Waals surface area contributed by atoms with E-state index >= 15 is 0 Å². The van der Waals surface area contributed by atoms with Crippen molar-refractivity contribution in [3.05, 3.63) is 94.5 Å². The summed E-state index contributed by atoms with van der Waals surface area (Å²) in [7, 11) is 0. The number of non-ortho nitro benzene ring substituents is 1. The highest BCUT2D eigenvalue weighted by molar-refractivity contribution is 5.81. The number of nitrogens with zero attached hydrogens (tertiary/aromatic N) is 3. The minimum absolute atomic E-state index is 0.0733. The van der Waals surface area contributed by atoms with Crippen molar-refractivity contribution < 1.29 is 4.92 Å². The van der Waals surface area contributed by atoms with Crippen LogP contribution in [0.3, 0.4) is 0 Å². The van der Waals surface area contributed by atoms with Gasteiger partial charge in [0, 0.05) is 24.2 Å². The van der Waals surface area contributed by atoms with Crippen LogP contribution in [-0.4, -0.2) is 14.5 Å². The standard InChI is InChI=1S/C21H17N3O2/c25-24(26)18-10-6-9-17(15-18)21-22-19-11-4-5-12-20(19)23(21)14-13-16-7-2-1-3-8-16/h1-12,15H,13-14H2. The van der Waals surface area contributed by atoms with Crippen LogP contribution in [0.1, 0.15) is 5.56 Å². The van der Waals surface area contributed by atoms with Gasteiger partial charge in [-0.3, -0.25) is 10.1 Å². The predicted octanol–water partition coefficient (Wildman–Crippen LogP) is 4.85. The molecule has 128 valence electrons. The molecule has 0 aliphatic rings. The summed E-state index contributed by atoms with van der Waals surface area (Å²) in [5.41, 5.74) is 4.00. The molecule has 0 saturated carbocycles. The van der Waals surface area contributed by atoms with E-state index in [1.807, 2.05) is 48.5 Å². The van der Waals surface area contributed by atoms with Crippen LogP contribution in [0.2, 0.25) is 0 Å². The highest BCUT2D eigenvalue weighted by Gasteiger charge is 2.15. The van der Waals surface area contributed by atoms with Gasteiger partial charge in [-0.25, -0.2) is 4.98 Å². The molecule has 5 nitrogen and oxygen atoms in total. The molecule has 0 N–H and O–H groups in total. The van der Waals surface area contributed by atoms with Gasteiger partial charge in [0.1, 0.15) is 5.82 Å². The minimum Gasteiger partial charge on any atom is -0.324 e. The second kappa shape index (κ2) is 6.80. The van der Waals surface area contributed by atoms with Crippen LogP contribution in [0.5, 0.6) is 0 Å². The van der Waals surface area contributed by atoms with Gasteiger partial charge in [0.05, 0.1) is 16.0 Å². The second-order valence-electron chi connectivity index (χ2n) is 6.12. The Bertz CT molecular complexity index is 1070. The molecule has 0 bridgehead atoms. The zero-order chi connectivity index (χ0) is 17.9. The first-order valence-corrected chi connectivity index (χ1v) is 8.46. The Balaban J connectivity index is 1.79. The molecular weight excluding hydrogens is 326 g/mol. The third-order valence-electron chi connectivity index (χ3n) is 4.44. The Morgan fingerprint density at radius 2 is 1.69 bits per heavy atom. The molecule has 0 fully saturated rings. The van der Waals surface area contributed by atoms with Gasteiger partial charge >= 0.3 is 0 Å². The molecular formula is C21H17N3O2. The number of aryl methyl sites for hydroxylation is 2. The van der Waals surface area contributed by atoms with Crippen molar-refractivity contribution >= 4 is 16.7 Å². The van der Waals surface area contributed by atoms with Crippen molar-refractivity contribution in [1.82, 2.24) is 9.55 Å². The Labute approximate surface area is 150 Å². The molecule has 5 heteroatoms. The summed E-state index contributed by atoms with van der Waals surface area (Å²) in [6, 6.07) is 24.9. The molecule has 26 heavy (non-hydrogen) atoms. The fourth-order valence-corrected chi connectivity index (χ4v) is 3.17. The van der Waals surface area contributed by atoms with Gasteiger partial charge in [0.25, 0.3) is 5.69 Å². The normalized spacial score (nSPS) is 10.9. The lowest BCUT2D eigenvalue weighted by molar-refractivity contribution is -0.384. The highest BCUT2D eigenvalue weighted by atomic mass is 16.6. The average Bonchev–Trinajstić information content (AvgIpc) is 3.06. The number of nitro benzene ring substituents is 1. The molecule has 3 aromatic carbocycles. The highest BCUT2D eigenvalue weighted by Crippen LogP contribution is 2.27. The molecule has 1 aromatic heterocycles. The predicted molar refractivity (Wildman–Crippen MR) is 102 cm³/mol. The average molecular weight is 343 g/mol. The first kappa shape index (κ1) is 16.0. The van der Waals surface area contributed by atoms with Crippen LogP contribution < -0.4 is 0 Å². The van der Waals surface area contributed by atoms with Gasteiger partial charge in [0.15, 0.2) is 0 Å². The Kier molecular flexibility index (Phi) is 4.19. The molecule has 0 amide bonds.